The van der Waals surface area contributed by atoms with Crippen LogP contribution in [-0.4, -0.2) is 23.3 Å². The second-order valence-electron chi connectivity index (χ2n) is 4.32. The number of hydrogen-bond acceptors (Lipinski definition) is 2. The third-order valence-electron chi connectivity index (χ3n) is 2.34. The summed E-state index contributed by atoms with van der Waals surface area (Å²) in [6.07, 6.45) is 4.29. The van der Waals surface area contributed by atoms with E-state index in [1.54, 1.807) is 0 Å². The summed E-state index contributed by atoms with van der Waals surface area (Å²) in [6.45, 7) is 9.07. The van der Waals surface area contributed by atoms with Crippen LogP contribution in [0, 0.1) is 0 Å². The summed E-state index contributed by atoms with van der Waals surface area (Å²) < 4.78 is 0. The van der Waals surface area contributed by atoms with Crippen molar-refractivity contribution in [2.24, 2.45) is 0 Å². The van der Waals surface area contributed by atoms with Crippen LogP contribution in [0.5, 0.6) is 0 Å². The van der Waals surface area contributed by atoms with Gasteiger partial charge in [-0.3, -0.25) is 0 Å². The molecule has 13 heavy (non-hydrogen) atoms. The van der Waals surface area contributed by atoms with E-state index >= 15 is 0 Å². The van der Waals surface area contributed by atoms with E-state index in [0.29, 0.717) is 12.6 Å². The minimum absolute atomic E-state index is 0.522. The Morgan fingerprint density at radius 2 is 1.92 bits per heavy atom. The Labute approximate surface area is 82.7 Å². The standard InChI is InChI=1S/C11H25NO/c1-5-7-10(3)12-9-11(4,13)8-6-2/h10,12-13H,5-9H2,1-4H3. The highest BCUT2D eigenvalue weighted by Gasteiger charge is 2.18. The van der Waals surface area contributed by atoms with Gasteiger partial charge in [0.05, 0.1) is 5.60 Å². The lowest BCUT2D eigenvalue weighted by Gasteiger charge is -2.25. The zero-order valence-electron chi connectivity index (χ0n) is 9.56. The van der Waals surface area contributed by atoms with Crippen molar-refractivity contribution in [3.8, 4) is 0 Å². The molecule has 0 spiro atoms. The van der Waals surface area contributed by atoms with Crippen LogP contribution < -0.4 is 5.32 Å². The predicted octanol–water partition coefficient (Wildman–Crippen LogP) is 2.32. The van der Waals surface area contributed by atoms with Crippen molar-refractivity contribution in [2.45, 2.75) is 65.0 Å². The highest BCUT2D eigenvalue weighted by Crippen LogP contribution is 2.10. The molecule has 0 heterocycles. The van der Waals surface area contributed by atoms with Crippen molar-refractivity contribution < 1.29 is 5.11 Å². The van der Waals surface area contributed by atoms with Crippen LogP contribution in [0.3, 0.4) is 0 Å². The van der Waals surface area contributed by atoms with Gasteiger partial charge in [0.2, 0.25) is 0 Å². The van der Waals surface area contributed by atoms with E-state index in [4.69, 9.17) is 0 Å². The van der Waals surface area contributed by atoms with Gasteiger partial charge < -0.3 is 10.4 Å². The predicted molar refractivity (Wildman–Crippen MR) is 57.9 cm³/mol. The third-order valence-corrected chi connectivity index (χ3v) is 2.34. The summed E-state index contributed by atoms with van der Waals surface area (Å²) in [4.78, 5) is 0. The maximum Gasteiger partial charge on any atom is 0.0743 e. The molecule has 0 aromatic rings. The van der Waals surface area contributed by atoms with Crippen LogP contribution >= 0.6 is 0 Å². The number of nitrogens with one attached hydrogen (secondary N) is 1. The lowest BCUT2D eigenvalue weighted by atomic mass is 10.0. The third kappa shape index (κ3) is 7.03. The molecule has 0 aromatic heterocycles. The molecule has 0 aromatic carbocycles. The lowest BCUT2D eigenvalue weighted by molar-refractivity contribution is 0.0474. The normalized spacial score (nSPS) is 18.2. The molecule has 0 saturated carbocycles. The van der Waals surface area contributed by atoms with Crippen LogP contribution in [0.25, 0.3) is 0 Å². The van der Waals surface area contributed by atoms with Gasteiger partial charge in [-0.1, -0.05) is 26.7 Å². The summed E-state index contributed by atoms with van der Waals surface area (Å²) in [5.41, 5.74) is -0.531. The second kappa shape index (κ2) is 6.39. The molecule has 0 fully saturated rings. The molecule has 0 radical (unpaired) electrons. The average Bonchev–Trinajstić information content (AvgIpc) is 2.02. The van der Waals surface area contributed by atoms with Gasteiger partial charge in [-0.15, -0.1) is 0 Å². The Balaban J connectivity index is 3.60. The molecule has 0 rings (SSSR count). The van der Waals surface area contributed by atoms with Crippen LogP contribution in [0.4, 0.5) is 0 Å². The summed E-state index contributed by atoms with van der Waals surface area (Å²) in [5, 5.41) is 13.2. The van der Waals surface area contributed by atoms with Gasteiger partial charge in [0.25, 0.3) is 0 Å². The molecular formula is C11H25NO. The first-order chi connectivity index (χ1) is 6.02. The Kier molecular flexibility index (Phi) is 6.35. The van der Waals surface area contributed by atoms with Crippen LogP contribution in [0.2, 0.25) is 0 Å². The SMILES string of the molecule is CCCC(C)NCC(C)(O)CCC. The molecule has 0 saturated heterocycles. The number of rotatable bonds is 7. The van der Waals surface area contributed by atoms with Crippen molar-refractivity contribution in [1.82, 2.24) is 5.32 Å². The summed E-state index contributed by atoms with van der Waals surface area (Å²) >= 11 is 0. The molecule has 0 aliphatic rings. The van der Waals surface area contributed by atoms with Crippen molar-refractivity contribution in [2.75, 3.05) is 6.54 Å². The van der Waals surface area contributed by atoms with Crippen molar-refractivity contribution in [1.29, 1.82) is 0 Å². The van der Waals surface area contributed by atoms with E-state index < -0.39 is 5.60 Å². The van der Waals surface area contributed by atoms with E-state index in [9.17, 15) is 5.11 Å². The molecular weight excluding hydrogens is 162 g/mol. The van der Waals surface area contributed by atoms with E-state index in [-0.39, 0.29) is 0 Å². The van der Waals surface area contributed by atoms with Gasteiger partial charge in [-0.25, -0.2) is 0 Å². The maximum absolute atomic E-state index is 9.87. The second-order valence-corrected chi connectivity index (χ2v) is 4.32. The Morgan fingerprint density at radius 1 is 1.31 bits per heavy atom. The quantitative estimate of drug-likeness (QED) is 0.641. The van der Waals surface area contributed by atoms with E-state index in [1.165, 1.54) is 12.8 Å². The van der Waals surface area contributed by atoms with Crippen LogP contribution in [0.1, 0.15) is 53.4 Å². The molecule has 2 atom stereocenters. The van der Waals surface area contributed by atoms with Crippen molar-refractivity contribution >= 4 is 0 Å². The number of hydrogen-bond donors (Lipinski definition) is 2. The summed E-state index contributed by atoms with van der Waals surface area (Å²) in [6, 6.07) is 0.522. The zero-order valence-corrected chi connectivity index (χ0v) is 9.56. The molecule has 0 amide bonds. The monoisotopic (exact) mass is 187 g/mol. The molecule has 2 heteroatoms. The number of aliphatic hydroxyl groups is 1. The first-order valence-electron chi connectivity index (χ1n) is 5.47. The molecule has 0 aliphatic heterocycles. The highest BCUT2D eigenvalue weighted by molar-refractivity contribution is 4.76. The smallest absolute Gasteiger partial charge is 0.0743 e. The first-order valence-corrected chi connectivity index (χ1v) is 5.47. The average molecular weight is 187 g/mol. The summed E-state index contributed by atoms with van der Waals surface area (Å²) in [7, 11) is 0. The minimum atomic E-state index is -0.531. The van der Waals surface area contributed by atoms with Gasteiger partial charge in [0.1, 0.15) is 0 Å². The van der Waals surface area contributed by atoms with Crippen LogP contribution in [-0.2, 0) is 0 Å². The minimum Gasteiger partial charge on any atom is -0.389 e. The fraction of sp³-hybridized carbons (Fsp3) is 1.00. The molecule has 0 bridgehead atoms. The summed E-state index contributed by atoms with van der Waals surface area (Å²) in [5.74, 6) is 0. The van der Waals surface area contributed by atoms with E-state index in [1.807, 2.05) is 6.92 Å². The van der Waals surface area contributed by atoms with Gasteiger partial charge >= 0.3 is 0 Å². The van der Waals surface area contributed by atoms with Crippen molar-refractivity contribution in [3.63, 3.8) is 0 Å². The molecule has 80 valence electrons. The lowest BCUT2D eigenvalue weighted by Crippen LogP contribution is -2.41. The van der Waals surface area contributed by atoms with Crippen molar-refractivity contribution in [3.05, 3.63) is 0 Å². The Bertz CT molecular complexity index is 123. The van der Waals surface area contributed by atoms with Gasteiger partial charge in [0.15, 0.2) is 0 Å². The molecule has 0 aliphatic carbocycles. The van der Waals surface area contributed by atoms with E-state index in [2.05, 4.69) is 26.1 Å². The molecule has 2 N–H and O–H groups in total. The topological polar surface area (TPSA) is 32.3 Å². The Hall–Kier alpha value is -0.0800. The largest absolute Gasteiger partial charge is 0.389 e. The van der Waals surface area contributed by atoms with E-state index in [0.717, 1.165) is 12.8 Å². The molecule has 2 unspecified atom stereocenters. The zero-order chi connectivity index (χ0) is 10.3. The highest BCUT2D eigenvalue weighted by atomic mass is 16.3. The van der Waals surface area contributed by atoms with Crippen LogP contribution in [0.15, 0.2) is 0 Å². The fourth-order valence-corrected chi connectivity index (χ4v) is 1.56. The fourth-order valence-electron chi connectivity index (χ4n) is 1.56. The van der Waals surface area contributed by atoms with Gasteiger partial charge in [-0.05, 0) is 26.7 Å². The van der Waals surface area contributed by atoms with Gasteiger partial charge in [0, 0.05) is 12.6 Å². The molecule has 2 nitrogen and oxygen atoms in total. The Morgan fingerprint density at radius 3 is 2.38 bits per heavy atom. The van der Waals surface area contributed by atoms with Gasteiger partial charge in [-0.2, -0.15) is 0 Å². The maximum atomic E-state index is 9.87. The first kappa shape index (κ1) is 12.9.